The fourth-order valence-electron chi connectivity index (χ4n) is 4.17. The van der Waals surface area contributed by atoms with E-state index in [0.717, 1.165) is 12.1 Å². The Kier molecular flexibility index (Phi) is 8.26. The first-order chi connectivity index (χ1) is 18.6. The summed E-state index contributed by atoms with van der Waals surface area (Å²) in [5.41, 5.74) is 11.2. The molecule has 6 N–H and O–H groups in total. The molecule has 0 aromatic heterocycles. The highest BCUT2D eigenvalue weighted by Gasteiger charge is 2.34. The number of amides is 4. The minimum Gasteiger partial charge on any atom is -0.442 e. The number of anilines is 2. The maximum atomic E-state index is 15.1. The molecule has 2 saturated heterocycles. The van der Waals surface area contributed by atoms with Gasteiger partial charge in [0.15, 0.2) is 0 Å². The fraction of sp³-hybridized carbons (Fsp3) is 0.360. The Morgan fingerprint density at radius 3 is 1.79 bits per heavy atom. The molecule has 2 aromatic carbocycles. The molecular formula is C25H28F2N6O6. The van der Waals surface area contributed by atoms with Crippen LogP contribution in [0.5, 0.6) is 0 Å². The van der Waals surface area contributed by atoms with Crippen LogP contribution >= 0.6 is 0 Å². The first-order valence-electron chi connectivity index (χ1n) is 12.1. The van der Waals surface area contributed by atoms with E-state index in [1.165, 1.54) is 41.0 Å². The zero-order chi connectivity index (χ0) is 28.3. The number of cyclic esters (lactones) is 2. The summed E-state index contributed by atoms with van der Waals surface area (Å²) in [5.74, 6) is -2.31. The number of nitrogens with one attached hydrogen (secondary N) is 2. The van der Waals surface area contributed by atoms with Gasteiger partial charge >= 0.3 is 12.2 Å². The molecule has 0 spiro atoms. The molecule has 4 rings (SSSR count). The Balaban J connectivity index is 1.43. The SMILES string of the molecule is CC(=O)NC[C@H]1CN(c2ccc(-c3ccc(N4C[C@H](CNC(=O)C(N)CN)OC4=O)cc3F)c(F)c2)C(=O)O1. The molecule has 2 aliphatic rings. The lowest BCUT2D eigenvalue weighted by molar-refractivity contribution is -0.122. The standard InChI is InChI=1S/C25H28F2N6O6/c1-13(34)30-9-16-11-32(24(36)38-16)14-2-4-18(20(26)6-14)19-5-3-15(7-21(19)27)33-12-17(39-25(33)37)10-31-23(35)22(29)8-28/h2-7,16-17,22H,8-12,28-29H2,1H3,(H,30,34)(H,31,35)/t16-,17-,22?/m0/s1. The van der Waals surface area contributed by atoms with Crippen LogP contribution in [0.25, 0.3) is 11.1 Å². The lowest BCUT2D eigenvalue weighted by Crippen LogP contribution is -2.47. The van der Waals surface area contributed by atoms with Crippen LogP contribution in [-0.2, 0) is 19.1 Å². The van der Waals surface area contributed by atoms with Gasteiger partial charge in [-0.3, -0.25) is 19.4 Å². The van der Waals surface area contributed by atoms with Crippen molar-refractivity contribution in [2.24, 2.45) is 11.5 Å². The molecule has 4 amide bonds. The summed E-state index contributed by atoms with van der Waals surface area (Å²) in [6, 6.07) is 6.87. The average Bonchev–Trinajstić information content (AvgIpc) is 3.47. The molecular weight excluding hydrogens is 518 g/mol. The monoisotopic (exact) mass is 546 g/mol. The number of nitrogens with zero attached hydrogens (tertiary/aromatic N) is 2. The summed E-state index contributed by atoms with van der Waals surface area (Å²) in [6.45, 7) is 1.59. The van der Waals surface area contributed by atoms with E-state index in [2.05, 4.69) is 10.6 Å². The molecule has 0 aliphatic carbocycles. The van der Waals surface area contributed by atoms with Gasteiger partial charge in [-0.2, -0.15) is 0 Å². The summed E-state index contributed by atoms with van der Waals surface area (Å²) < 4.78 is 40.6. The van der Waals surface area contributed by atoms with E-state index < -0.39 is 48.0 Å². The third-order valence-corrected chi connectivity index (χ3v) is 6.24. The highest BCUT2D eigenvalue weighted by molar-refractivity contribution is 5.91. The Morgan fingerprint density at radius 2 is 1.38 bits per heavy atom. The van der Waals surface area contributed by atoms with Crippen molar-refractivity contribution < 1.29 is 37.4 Å². The normalized spacial score (nSPS) is 19.5. The van der Waals surface area contributed by atoms with Crippen molar-refractivity contribution in [1.82, 2.24) is 10.6 Å². The number of carbonyl (C=O) groups excluding carboxylic acids is 4. The van der Waals surface area contributed by atoms with Gasteiger partial charge in [0.1, 0.15) is 23.8 Å². The zero-order valence-electron chi connectivity index (χ0n) is 21.0. The molecule has 2 heterocycles. The van der Waals surface area contributed by atoms with Crippen molar-refractivity contribution in [3.8, 4) is 11.1 Å². The summed E-state index contributed by atoms with van der Waals surface area (Å²) in [7, 11) is 0. The first kappa shape index (κ1) is 27.7. The number of hydrogen-bond donors (Lipinski definition) is 4. The van der Waals surface area contributed by atoms with Gasteiger partial charge in [0.2, 0.25) is 11.8 Å². The second kappa shape index (κ2) is 11.6. The molecule has 3 atom stereocenters. The number of nitrogens with two attached hydrogens (primary N) is 2. The molecule has 2 aliphatic heterocycles. The molecule has 2 fully saturated rings. The van der Waals surface area contributed by atoms with E-state index in [-0.39, 0.29) is 61.1 Å². The Morgan fingerprint density at radius 1 is 0.923 bits per heavy atom. The minimum absolute atomic E-state index is 0.00540. The zero-order valence-corrected chi connectivity index (χ0v) is 21.0. The van der Waals surface area contributed by atoms with Crippen LogP contribution in [0.3, 0.4) is 0 Å². The van der Waals surface area contributed by atoms with Crippen LogP contribution in [0.2, 0.25) is 0 Å². The van der Waals surface area contributed by atoms with Gasteiger partial charge in [0, 0.05) is 24.6 Å². The van der Waals surface area contributed by atoms with Gasteiger partial charge in [-0.25, -0.2) is 18.4 Å². The van der Waals surface area contributed by atoms with E-state index in [9.17, 15) is 19.2 Å². The lowest BCUT2D eigenvalue weighted by Gasteiger charge is -2.16. The summed E-state index contributed by atoms with van der Waals surface area (Å²) in [4.78, 5) is 49.8. The maximum absolute atomic E-state index is 15.1. The molecule has 14 heteroatoms. The molecule has 1 unspecified atom stereocenters. The Hall–Kier alpha value is -4.30. The molecule has 0 radical (unpaired) electrons. The second-order valence-corrected chi connectivity index (χ2v) is 9.09. The van der Waals surface area contributed by atoms with E-state index in [1.807, 2.05) is 0 Å². The number of carbonyl (C=O) groups is 4. The number of benzene rings is 2. The first-order valence-corrected chi connectivity index (χ1v) is 12.1. The van der Waals surface area contributed by atoms with Gasteiger partial charge in [0.05, 0.1) is 43.6 Å². The predicted octanol–water partition coefficient (Wildman–Crippen LogP) is 0.821. The van der Waals surface area contributed by atoms with Crippen molar-refractivity contribution in [3.63, 3.8) is 0 Å². The van der Waals surface area contributed by atoms with Gasteiger partial charge in [0.25, 0.3) is 0 Å². The largest absolute Gasteiger partial charge is 0.442 e. The molecule has 39 heavy (non-hydrogen) atoms. The molecule has 0 bridgehead atoms. The minimum atomic E-state index is -0.884. The quantitative estimate of drug-likeness (QED) is 0.358. The maximum Gasteiger partial charge on any atom is 0.414 e. The number of halogens is 2. The van der Waals surface area contributed by atoms with Gasteiger partial charge in [-0.15, -0.1) is 0 Å². The van der Waals surface area contributed by atoms with Crippen molar-refractivity contribution in [2.75, 3.05) is 42.5 Å². The van der Waals surface area contributed by atoms with Gasteiger partial charge in [-0.1, -0.05) is 0 Å². The van der Waals surface area contributed by atoms with E-state index in [1.54, 1.807) is 0 Å². The van der Waals surface area contributed by atoms with Crippen LogP contribution in [-0.4, -0.2) is 75.0 Å². The molecule has 2 aromatic rings. The highest BCUT2D eigenvalue weighted by Crippen LogP contribution is 2.33. The second-order valence-electron chi connectivity index (χ2n) is 9.09. The van der Waals surface area contributed by atoms with Crippen molar-refractivity contribution in [1.29, 1.82) is 0 Å². The van der Waals surface area contributed by atoms with Crippen LogP contribution < -0.4 is 31.9 Å². The third-order valence-electron chi connectivity index (χ3n) is 6.24. The van der Waals surface area contributed by atoms with E-state index >= 15 is 8.78 Å². The van der Waals surface area contributed by atoms with Crippen LogP contribution in [0.4, 0.5) is 29.7 Å². The third kappa shape index (κ3) is 6.23. The molecule has 12 nitrogen and oxygen atoms in total. The summed E-state index contributed by atoms with van der Waals surface area (Å²) in [5, 5.41) is 5.10. The highest BCUT2D eigenvalue weighted by atomic mass is 19.1. The van der Waals surface area contributed by atoms with Gasteiger partial charge in [-0.05, 0) is 36.4 Å². The van der Waals surface area contributed by atoms with E-state index in [0.29, 0.717) is 0 Å². The topological polar surface area (TPSA) is 169 Å². The van der Waals surface area contributed by atoms with E-state index in [4.69, 9.17) is 20.9 Å². The summed E-state index contributed by atoms with van der Waals surface area (Å²) in [6.07, 6.45) is -2.69. The fourth-order valence-corrected chi connectivity index (χ4v) is 4.17. The summed E-state index contributed by atoms with van der Waals surface area (Å²) >= 11 is 0. The number of ether oxygens (including phenoxy) is 2. The van der Waals surface area contributed by atoms with Crippen LogP contribution in [0.1, 0.15) is 6.92 Å². The predicted molar refractivity (Wildman–Crippen MR) is 136 cm³/mol. The van der Waals surface area contributed by atoms with Gasteiger partial charge < -0.3 is 31.6 Å². The molecule has 208 valence electrons. The average molecular weight is 547 g/mol. The smallest absolute Gasteiger partial charge is 0.414 e. The van der Waals surface area contributed by atoms with Crippen molar-refractivity contribution in [2.45, 2.75) is 25.2 Å². The van der Waals surface area contributed by atoms with Crippen LogP contribution in [0.15, 0.2) is 36.4 Å². The Labute approximate surface area is 222 Å². The van der Waals surface area contributed by atoms with Crippen molar-refractivity contribution >= 4 is 35.4 Å². The number of hydrogen-bond acceptors (Lipinski definition) is 8. The lowest BCUT2D eigenvalue weighted by atomic mass is 10.0. The number of rotatable bonds is 9. The Bertz CT molecular complexity index is 1290. The van der Waals surface area contributed by atoms with Crippen LogP contribution in [0, 0.1) is 11.6 Å². The van der Waals surface area contributed by atoms with Crippen molar-refractivity contribution in [3.05, 3.63) is 48.0 Å². The molecule has 0 saturated carbocycles.